The van der Waals surface area contributed by atoms with E-state index < -0.39 is 11.6 Å². The van der Waals surface area contributed by atoms with Gasteiger partial charge in [-0.15, -0.1) is 0 Å². The Hall–Kier alpha value is -0.920. The molecule has 0 spiro atoms. The average Bonchev–Trinajstić information content (AvgIpc) is 2.07. The maximum absolute atomic E-state index is 12.9. The molecule has 0 unspecified atom stereocenters. The summed E-state index contributed by atoms with van der Waals surface area (Å²) >= 11 is 0. The van der Waals surface area contributed by atoms with Crippen LogP contribution in [0, 0.1) is 18.6 Å². The molecule has 0 bridgehead atoms. The molecular formula is C10H12F2. The summed E-state index contributed by atoms with van der Waals surface area (Å²) in [7, 11) is 0. The maximum atomic E-state index is 12.9. The Morgan fingerprint density at radius 2 is 1.92 bits per heavy atom. The molecule has 0 fully saturated rings. The first kappa shape index (κ1) is 9.17. The van der Waals surface area contributed by atoms with Gasteiger partial charge in [-0.1, -0.05) is 19.4 Å². The number of hydrogen-bond donors (Lipinski definition) is 0. The standard InChI is InChI=1S/C10H12F2/c1-3-4-8-5-6-9(11)10(12)7(8)2/h5-6H,3-4H2,1-2H3. The highest BCUT2D eigenvalue weighted by atomic mass is 19.2. The molecule has 0 nitrogen and oxygen atoms in total. The molecular weight excluding hydrogens is 158 g/mol. The zero-order chi connectivity index (χ0) is 9.14. The van der Waals surface area contributed by atoms with Gasteiger partial charge >= 0.3 is 0 Å². The van der Waals surface area contributed by atoms with Crippen LogP contribution in [-0.2, 0) is 6.42 Å². The lowest BCUT2D eigenvalue weighted by Gasteiger charge is -2.05. The minimum Gasteiger partial charge on any atom is -0.204 e. The predicted molar refractivity (Wildman–Crippen MR) is 45.1 cm³/mol. The van der Waals surface area contributed by atoms with Crippen LogP contribution < -0.4 is 0 Å². The predicted octanol–water partition coefficient (Wildman–Crippen LogP) is 3.23. The maximum Gasteiger partial charge on any atom is 0.161 e. The number of aryl methyl sites for hydroxylation is 1. The third-order valence-corrected chi connectivity index (χ3v) is 1.97. The van der Waals surface area contributed by atoms with Crippen molar-refractivity contribution in [3.05, 3.63) is 34.9 Å². The molecule has 0 amide bonds. The largest absolute Gasteiger partial charge is 0.204 e. The topological polar surface area (TPSA) is 0 Å². The van der Waals surface area contributed by atoms with Gasteiger partial charge in [0.2, 0.25) is 0 Å². The van der Waals surface area contributed by atoms with Gasteiger partial charge in [0.1, 0.15) is 0 Å². The number of rotatable bonds is 2. The molecule has 12 heavy (non-hydrogen) atoms. The second-order valence-electron chi connectivity index (χ2n) is 2.90. The van der Waals surface area contributed by atoms with Crippen LogP contribution in [0.4, 0.5) is 8.78 Å². The number of halogens is 2. The summed E-state index contributed by atoms with van der Waals surface area (Å²) in [5.74, 6) is -1.46. The van der Waals surface area contributed by atoms with Gasteiger partial charge in [-0.3, -0.25) is 0 Å². The summed E-state index contributed by atoms with van der Waals surface area (Å²) in [6.07, 6.45) is 1.76. The lowest BCUT2D eigenvalue weighted by Crippen LogP contribution is -1.95. The first-order chi connectivity index (χ1) is 5.66. The summed E-state index contributed by atoms with van der Waals surface area (Å²) in [5, 5.41) is 0. The van der Waals surface area contributed by atoms with Crippen LogP contribution in [0.1, 0.15) is 24.5 Å². The van der Waals surface area contributed by atoms with Gasteiger partial charge in [0.25, 0.3) is 0 Å². The minimum absolute atomic E-state index is 0.442. The Morgan fingerprint density at radius 3 is 2.50 bits per heavy atom. The molecule has 0 heterocycles. The van der Waals surface area contributed by atoms with E-state index in [4.69, 9.17) is 0 Å². The fourth-order valence-corrected chi connectivity index (χ4v) is 1.23. The summed E-state index contributed by atoms with van der Waals surface area (Å²) in [5.41, 5.74) is 1.34. The van der Waals surface area contributed by atoms with E-state index >= 15 is 0 Å². The molecule has 0 radical (unpaired) electrons. The molecule has 0 N–H and O–H groups in total. The molecule has 2 heteroatoms. The first-order valence-corrected chi connectivity index (χ1v) is 4.10. The van der Waals surface area contributed by atoms with Gasteiger partial charge in [0.05, 0.1) is 0 Å². The van der Waals surface area contributed by atoms with Crippen LogP contribution in [0.3, 0.4) is 0 Å². The Morgan fingerprint density at radius 1 is 1.25 bits per heavy atom. The van der Waals surface area contributed by atoms with Crippen molar-refractivity contribution in [2.75, 3.05) is 0 Å². The van der Waals surface area contributed by atoms with Crippen LogP contribution in [0.15, 0.2) is 12.1 Å². The molecule has 0 aliphatic heterocycles. The van der Waals surface area contributed by atoms with Crippen LogP contribution in [0.2, 0.25) is 0 Å². The van der Waals surface area contributed by atoms with Crippen molar-refractivity contribution in [3.63, 3.8) is 0 Å². The van der Waals surface area contributed by atoms with Crippen LogP contribution >= 0.6 is 0 Å². The van der Waals surface area contributed by atoms with Crippen molar-refractivity contribution in [1.29, 1.82) is 0 Å². The van der Waals surface area contributed by atoms with Crippen molar-refractivity contribution in [3.8, 4) is 0 Å². The van der Waals surface area contributed by atoms with E-state index in [-0.39, 0.29) is 0 Å². The van der Waals surface area contributed by atoms with E-state index in [1.807, 2.05) is 6.92 Å². The van der Waals surface area contributed by atoms with Gasteiger partial charge in [-0.2, -0.15) is 0 Å². The molecule has 1 rings (SSSR count). The Bertz CT molecular complexity index is 279. The second-order valence-corrected chi connectivity index (χ2v) is 2.90. The number of benzene rings is 1. The summed E-state index contributed by atoms with van der Waals surface area (Å²) in [6, 6.07) is 2.84. The summed E-state index contributed by atoms with van der Waals surface area (Å²) in [6.45, 7) is 3.63. The summed E-state index contributed by atoms with van der Waals surface area (Å²) in [4.78, 5) is 0. The molecule has 1 aromatic carbocycles. The fourth-order valence-electron chi connectivity index (χ4n) is 1.23. The lowest BCUT2D eigenvalue weighted by atomic mass is 10.0. The van der Waals surface area contributed by atoms with Crippen molar-refractivity contribution in [2.45, 2.75) is 26.7 Å². The van der Waals surface area contributed by atoms with Gasteiger partial charge in [0, 0.05) is 0 Å². The highest BCUT2D eigenvalue weighted by Gasteiger charge is 2.07. The molecule has 0 aliphatic carbocycles. The first-order valence-electron chi connectivity index (χ1n) is 4.10. The van der Waals surface area contributed by atoms with Crippen LogP contribution in [0.25, 0.3) is 0 Å². The van der Waals surface area contributed by atoms with Crippen molar-refractivity contribution in [1.82, 2.24) is 0 Å². The molecule has 1 aromatic rings. The Labute approximate surface area is 71.2 Å². The van der Waals surface area contributed by atoms with Crippen LogP contribution in [0.5, 0.6) is 0 Å². The highest BCUT2D eigenvalue weighted by molar-refractivity contribution is 5.28. The number of hydrogen-bond acceptors (Lipinski definition) is 0. The third-order valence-electron chi connectivity index (χ3n) is 1.97. The summed E-state index contributed by atoms with van der Waals surface area (Å²) < 4.78 is 25.6. The Kier molecular flexibility index (Phi) is 2.79. The molecule has 66 valence electrons. The lowest BCUT2D eigenvalue weighted by molar-refractivity contribution is 0.501. The van der Waals surface area contributed by atoms with E-state index in [1.165, 1.54) is 6.07 Å². The molecule has 0 saturated heterocycles. The smallest absolute Gasteiger partial charge is 0.161 e. The zero-order valence-corrected chi connectivity index (χ0v) is 7.32. The van der Waals surface area contributed by atoms with Crippen molar-refractivity contribution < 1.29 is 8.78 Å². The van der Waals surface area contributed by atoms with Gasteiger partial charge < -0.3 is 0 Å². The SMILES string of the molecule is CCCc1ccc(F)c(F)c1C. The van der Waals surface area contributed by atoms with E-state index in [2.05, 4.69) is 0 Å². The van der Waals surface area contributed by atoms with E-state index in [0.29, 0.717) is 5.56 Å². The zero-order valence-electron chi connectivity index (χ0n) is 7.32. The Balaban J connectivity index is 3.08. The van der Waals surface area contributed by atoms with Crippen molar-refractivity contribution >= 4 is 0 Å². The van der Waals surface area contributed by atoms with Crippen molar-refractivity contribution in [2.24, 2.45) is 0 Å². The quantitative estimate of drug-likeness (QED) is 0.639. The van der Waals surface area contributed by atoms with Crippen LogP contribution in [-0.4, -0.2) is 0 Å². The highest BCUT2D eigenvalue weighted by Crippen LogP contribution is 2.16. The van der Waals surface area contributed by atoms with E-state index in [0.717, 1.165) is 18.4 Å². The van der Waals surface area contributed by atoms with Gasteiger partial charge in [0.15, 0.2) is 11.6 Å². The van der Waals surface area contributed by atoms with Gasteiger partial charge in [-0.25, -0.2) is 8.78 Å². The fraction of sp³-hybridized carbons (Fsp3) is 0.400. The van der Waals surface area contributed by atoms with Gasteiger partial charge in [-0.05, 0) is 30.5 Å². The molecule has 0 aliphatic rings. The third kappa shape index (κ3) is 1.63. The minimum atomic E-state index is -0.757. The molecule has 0 aromatic heterocycles. The monoisotopic (exact) mass is 170 g/mol. The van der Waals surface area contributed by atoms with E-state index in [1.54, 1.807) is 13.0 Å². The average molecular weight is 170 g/mol. The normalized spacial score (nSPS) is 10.3. The van der Waals surface area contributed by atoms with E-state index in [9.17, 15) is 8.78 Å². The molecule has 0 saturated carbocycles. The second kappa shape index (κ2) is 3.65. The molecule has 0 atom stereocenters.